The van der Waals surface area contributed by atoms with Crippen molar-refractivity contribution in [2.24, 2.45) is 0 Å². The van der Waals surface area contributed by atoms with Crippen molar-refractivity contribution in [3.05, 3.63) is 53.5 Å². The van der Waals surface area contributed by atoms with Crippen LogP contribution in [-0.4, -0.2) is 24.1 Å². The first-order valence-electron chi connectivity index (χ1n) is 7.60. The fourth-order valence-electron chi connectivity index (χ4n) is 2.85. The monoisotopic (exact) mass is 326 g/mol. The molecule has 0 spiro atoms. The molecular weight excluding hydrogens is 311 g/mol. The molecule has 1 aromatic heterocycles. The molecule has 1 aliphatic heterocycles. The van der Waals surface area contributed by atoms with Gasteiger partial charge in [0.15, 0.2) is 11.5 Å². The fraction of sp³-hybridized carbons (Fsp3) is 0.167. The molecule has 4 rings (SSSR count). The Morgan fingerprint density at radius 3 is 2.75 bits per heavy atom. The number of hydrogen-bond donors (Lipinski definition) is 2. The lowest BCUT2D eigenvalue weighted by atomic mass is 10.1. The van der Waals surface area contributed by atoms with Crippen LogP contribution in [-0.2, 0) is 0 Å². The highest BCUT2D eigenvalue weighted by atomic mass is 19.1. The highest BCUT2D eigenvalue weighted by Crippen LogP contribution is 2.33. The molecule has 2 aromatic carbocycles. The van der Waals surface area contributed by atoms with E-state index in [1.54, 1.807) is 24.3 Å². The first-order chi connectivity index (χ1) is 11.6. The number of nitrogens with one attached hydrogen (secondary N) is 2. The van der Waals surface area contributed by atoms with E-state index in [0.29, 0.717) is 41.6 Å². The van der Waals surface area contributed by atoms with Gasteiger partial charge in [0.2, 0.25) is 0 Å². The number of benzene rings is 2. The van der Waals surface area contributed by atoms with E-state index in [4.69, 9.17) is 9.47 Å². The topological polar surface area (TPSA) is 63.4 Å². The first-order valence-corrected chi connectivity index (χ1v) is 7.60. The van der Waals surface area contributed by atoms with Gasteiger partial charge < -0.3 is 19.8 Å². The van der Waals surface area contributed by atoms with Crippen LogP contribution in [0.2, 0.25) is 0 Å². The summed E-state index contributed by atoms with van der Waals surface area (Å²) in [7, 11) is 0. The van der Waals surface area contributed by atoms with Crippen molar-refractivity contribution in [3.8, 4) is 11.5 Å². The number of rotatable bonds is 2. The quantitative estimate of drug-likeness (QED) is 0.756. The van der Waals surface area contributed by atoms with Crippen molar-refractivity contribution in [1.29, 1.82) is 0 Å². The molecule has 0 radical (unpaired) electrons. The maximum Gasteiger partial charge on any atom is 0.272 e. The molecule has 3 aromatic rings. The molecule has 0 fully saturated rings. The van der Waals surface area contributed by atoms with Crippen molar-refractivity contribution in [2.45, 2.75) is 6.92 Å². The summed E-state index contributed by atoms with van der Waals surface area (Å²) in [5, 5.41) is 3.65. The Balaban J connectivity index is 1.63. The van der Waals surface area contributed by atoms with Crippen LogP contribution in [0.1, 0.15) is 16.1 Å². The Labute approximate surface area is 137 Å². The maximum absolute atomic E-state index is 13.3. The van der Waals surface area contributed by atoms with E-state index in [9.17, 15) is 9.18 Å². The zero-order valence-corrected chi connectivity index (χ0v) is 13.0. The fourth-order valence-corrected chi connectivity index (χ4v) is 2.85. The van der Waals surface area contributed by atoms with Gasteiger partial charge in [-0.05, 0) is 42.8 Å². The molecule has 1 amide bonds. The van der Waals surface area contributed by atoms with Crippen LogP contribution in [0.5, 0.6) is 11.5 Å². The van der Waals surface area contributed by atoms with Crippen LogP contribution in [0, 0.1) is 12.7 Å². The van der Waals surface area contributed by atoms with Crippen molar-refractivity contribution in [2.75, 3.05) is 18.5 Å². The van der Waals surface area contributed by atoms with E-state index in [1.807, 2.05) is 6.92 Å². The Bertz CT molecular complexity index is 949. The lowest BCUT2D eigenvalue weighted by Crippen LogP contribution is -2.17. The lowest BCUT2D eigenvalue weighted by molar-refractivity contribution is 0.102. The van der Waals surface area contributed by atoms with Gasteiger partial charge in [-0.3, -0.25) is 4.79 Å². The van der Waals surface area contributed by atoms with E-state index in [2.05, 4.69) is 10.3 Å². The predicted molar refractivity (Wildman–Crippen MR) is 88.4 cm³/mol. The minimum Gasteiger partial charge on any atom is -0.486 e. The first kappa shape index (κ1) is 14.6. The molecule has 6 heteroatoms. The summed E-state index contributed by atoms with van der Waals surface area (Å²) < 4.78 is 24.3. The molecule has 0 aliphatic carbocycles. The number of aromatic amines is 1. The average molecular weight is 326 g/mol. The largest absolute Gasteiger partial charge is 0.486 e. The molecule has 24 heavy (non-hydrogen) atoms. The molecule has 0 unspecified atom stereocenters. The Kier molecular flexibility index (Phi) is 3.37. The molecular formula is C18H15FN2O3. The highest BCUT2D eigenvalue weighted by molar-refractivity contribution is 6.07. The summed E-state index contributed by atoms with van der Waals surface area (Å²) in [4.78, 5) is 15.5. The molecule has 0 bridgehead atoms. The van der Waals surface area contributed by atoms with Crippen LogP contribution in [0.15, 0.2) is 36.4 Å². The van der Waals surface area contributed by atoms with Crippen LogP contribution in [0.25, 0.3) is 10.9 Å². The summed E-state index contributed by atoms with van der Waals surface area (Å²) in [6, 6.07) is 9.66. The molecule has 0 saturated carbocycles. The minimum absolute atomic E-state index is 0.291. The minimum atomic E-state index is -0.345. The third kappa shape index (κ3) is 2.46. The second-order valence-corrected chi connectivity index (χ2v) is 5.63. The van der Waals surface area contributed by atoms with Crippen molar-refractivity contribution in [3.63, 3.8) is 0 Å². The summed E-state index contributed by atoms with van der Waals surface area (Å²) in [6.07, 6.45) is 0. The van der Waals surface area contributed by atoms with Crippen molar-refractivity contribution < 1.29 is 18.7 Å². The number of fused-ring (bicyclic) bond motifs is 2. The third-order valence-electron chi connectivity index (χ3n) is 4.05. The molecule has 5 nitrogen and oxygen atoms in total. The maximum atomic E-state index is 13.3. The van der Waals surface area contributed by atoms with Gasteiger partial charge in [-0.2, -0.15) is 0 Å². The van der Waals surface area contributed by atoms with E-state index >= 15 is 0 Å². The van der Waals surface area contributed by atoms with Crippen LogP contribution in [0.4, 0.5) is 10.1 Å². The van der Waals surface area contributed by atoms with Crippen molar-refractivity contribution >= 4 is 22.5 Å². The summed E-state index contributed by atoms with van der Waals surface area (Å²) >= 11 is 0. The number of halogens is 1. The van der Waals surface area contributed by atoms with E-state index < -0.39 is 0 Å². The summed E-state index contributed by atoms with van der Waals surface area (Å²) in [5.74, 6) is 0.634. The van der Waals surface area contributed by atoms with Crippen LogP contribution in [0.3, 0.4) is 0 Å². The smallest absolute Gasteiger partial charge is 0.272 e. The van der Waals surface area contributed by atoms with Gasteiger partial charge in [-0.15, -0.1) is 0 Å². The molecule has 2 N–H and O–H groups in total. The second-order valence-electron chi connectivity index (χ2n) is 5.63. The van der Waals surface area contributed by atoms with Gasteiger partial charge in [-0.25, -0.2) is 4.39 Å². The number of hydrogen-bond acceptors (Lipinski definition) is 3. The Morgan fingerprint density at radius 2 is 1.92 bits per heavy atom. The average Bonchev–Trinajstić information content (AvgIpc) is 2.91. The highest BCUT2D eigenvalue weighted by Gasteiger charge is 2.17. The van der Waals surface area contributed by atoms with E-state index in [1.165, 1.54) is 12.1 Å². The second kappa shape index (κ2) is 5.56. The number of carbonyl (C=O) groups excluding carboxylic acids is 1. The normalized spacial score (nSPS) is 13.1. The zero-order chi connectivity index (χ0) is 16.7. The molecule has 1 aliphatic rings. The van der Waals surface area contributed by atoms with Crippen LogP contribution >= 0.6 is 0 Å². The predicted octanol–water partition coefficient (Wildman–Crippen LogP) is 3.64. The standard InChI is InChI=1S/C18H15FN2O3/c1-10-13-4-2-11(19)8-14(13)21-17(10)18(22)20-12-3-5-15-16(9-12)24-7-6-23-15/h2-5,8-9,21H,6-7H2,1H3,(H,20,22). The SMILES string of the molecule is Cc1c(C(=O)Nc2ccc3c(c2)OCCO3)[nH]c2cc(F)ccc12. The van der Waals surface area contributed by atoms with Crippen molar-refractivity contribution in [1.82, 2.24) is 4.98 Å². The Morgan fingerprint density at radius 1 is 1.12 bits per heavy atom. The zero-order valence-electron chi connectivity index (χ0n) is 13.0. The van der Waals surface area contributed by atoms with Gasteiger partial charge in [0.05, 0.1) is 0 Å². The number of aryl methyl sites for hydroxylation is 1. The molecule has 0 atom stereocenters. The van der Waals surface area contributed by atoms with Gasteiger partial charge in [-0.1, -0.05) is 0 Å². The molecule has 0 saturated heterocycles. The number of aromatic nitrogens is 1. The van der Waals surface area contributed by atoms with E-state index in [0.717, 1.165) is 10.9 Å². The number of H-pyrrole nitrogens is 1. The van der Waals surface area contributed by atoms with Gasteiger partial charge in [0.1, 0.15) is 24.7 Å². The Hall–Kier alpha value is -3.02. The van der Waals surface area contributed by atoms with Gasteiger partial charge >= 0.3 is 0 Å². The number of amides is 1. The van der Waals surface area contributed by atoms with E-state index in [-0.39, 0.29) is 11.7 Å². The summed E-state index contributed by atoms with van der Waals surface area (Å²) in [6.45, 7) is 2.83. The molecule has 2 heterocycles. The van der Waals surface area contributed by atoms with Crippen LogP contribution < -0.4 is 14.8 Å². The number of anilines is 1. The third-order valence-corrected chi connectivity index (χ3v) is 4.05. The molecule has 122 valence electrons. The lowest BCUT2D eigenvalue weighted by Gasteiger charge is -2.19. The number of ether oxygens (including phenoxy) is 2. The number of carbonyl (C=O) groups is 1. The van der Waals surface area contributed by atoms with Gasteiger partial charge in [0, 0.05) is 22.7 Å². The summed E-state index contributed by atoms with van der Waals surface area (Å²) in [5.41, 5.74) is 2.39. The van der Waals surface area contributed by atoms with Gasteiger partial charge in [0.25, 0.3) is 5.91 Å².